The highest BCUT2D eigenvalue weighted by Gasteiger charge is 2.39. The number of nitrogens with one attached hydrogen (secondary N) is 1. The number of nitrogens with zero attached hydrogens (tertiary/aromatic N) is 2. The van der Waals surface area contributed by atoms with E-state index in [1.54, 1.807) is 13.0 Å². The van der Waals surface area contributed by atoms with Gasteiger partial charge in [0.1, 0.15) is 0 Å². The molecule has 1 aliphatic rings. The Labute approximate surface area is 129 Å². The number of benzene rings is 1. The van der Waals surface area contributed by atoms with Crippen LogP contribution in [0.3, 0.4) is 0 Å². The van der Waals surface area contributed by atoms with Crippen molar-refractivity contribution in [2.75, 3.05) is 0 Å². The van der Waals surface area contributed by atoms with Crippen molar-refractivity contribution < 1.29 is 9.32 Å². The highest BCUT2D eigenvalue weighted by atomic mass is 16.5. The fourth-order valence-electron chi connectivity index (χ4n) is 3.06. The van der Waals surface area contributed by atoms with Gasteiger partial charge in [-0.3, -0.25) is 4.79 Å². The highest BCUT2D eigenvalue weighted by Crippen LogP contribution is 2.37. The SMILES string of the molecule is Cc1nc(C2(NCc3cccc(C(N)=O)c3)CCCC2)no1. The van der Waals surface area contributed by atoms with Crippen LogP contribution < -0.4 is 11.1 Å². The van der Waals surface area contributed by atoms with Crippen LogP contribution in [-0.4, -0.2) is 16.0 Å². The number of rotatable bonds is 5. The first-order valence-electron chi connectivity index (χ1n) is 7.54. The van der Waals surface area contributed by atoms with E-state index in [4.69, 9.17) is 10.3 Å². The molecule has 0 saturated heterocycles. The van der Waals surface area contributed by atoms with Gasteiger partial charge in [0, 0.05) is 19.0 Å². The molecule has 1 heterocycles. The second kappa shape index (κ2) is 5.88. The van der Waals surface area contributed by atoms with Crippen LogP contribution in [0.4, 0.5) is 0 Å². The number of carbonyl (C=O) groups is 1. The van der Waals surface area contributed by atoms with Crippen molar-refractivity contribution in [3.8, 4) is 0 Å². The predicted octanol–water partition coefficient (Wildman–Crippen LogP) is 2.04. The van der Waals surface area contributed by atoms with Gasteiger partial charge >= 0.3 is 0 Å². The van der Waals surface area contributed by atoms with E-state index in [1.807, 2.05) is 18.2 Å². The largest absolute Gasteiger partial charge is 0.366 e. The monoisotopic (exact) mass is 300 g/mol. The first kappa shape index (κ1) is 14.7. The van der Waals surface area contributed by atoms with Crippen molar-refractivity contribution in [3.63, 3.8) is 0 Å². The van der Waals surface area contributed by atoms with E-state index in [0.717, 1.165) is 37.1 Å². The Balaban J connectivity index is 1.78. The molecule has 0 spiro atoms. The average Bonchev–Trinajstić information content (AvgIpc) is 3.15. The number of aryl methyl sites for hydroxylation is 1. The predicted molar refractivity (Wildman–Crippen MR) is 81.0 cm³/mol. The molecule has 1 aromatic heterocycles. The van der Waals surface area contributed by atoms with E-state index >= 15 is 0 Å². The summed E-state index contributed by atoms with van der Waals surface area (Å²) in [6.45, 7) is 2.43. The Morgan fingerprint density at radius 3 is 2.82 bits per heavy atom. The molecular formula is C16H20N4O2. The second-order valence-corrected chi connectivity index (χ2v) is 5.84. The Kier molecular flexibility index (Phi) is 3.94. The third-order valence-corrected chi connectivity index (χ3v) is 4.26. The van der Waals surface area contributed by atoms with Gasteiger partial charge in [-0.1, -0.05) is 30.1 Å². The molecular weight excluding hydrogens is 280 g/mol. The van der Waals surface area contributed by atoms with E-state index in [2.05, 4.69) is 15.5 Å². The number of hydrogen-bond donors (Lipinski definition) is 2. The number of primary amides is 1. The zero-order valence-corrected chi connectivity index (χ0v) is 12.6. The molecule has 3 N–H and O–H groups in total. The van der Waals surface area contributed by atoms with Gasteiger partial charge in [0.2, 0.25) is 11.8 Å². The molecule has 1 amide bonds. The van der Waals surface area contributed by atoms with E-state index in [9.17, 15) is 4.79 Å². The summed E-state index contributed by atoms with van der Waals surface area (Å²) in [5.74, 6) is 0.901. The second-order valence-electron chi connectivity index (χ2n) is 5.84. The van der Waals surface area contributed by atoms with Crippen molar-refractivity contribution in [2.24, 2.45) is 5.73 Å². The lowest BCUT2D eigenvalue weighted by atomic mass is 9.96. The molecule has 0 bridgehead atoms. The smallest absolute Gasteiger partial charge is 0.248 e. The summed E-state index contributed by atoms with van der Waals surface area (Å²) in [5, 5.41) is 7.68. The quantitative estimate of drug-likeness (QED) is 0.881. The topological polar surface area (TPSA) is 94.0 Å². The van der Waals surface area contributed by atoms with E-state index in [0.29, 0.717) is 18.0 Å². The Bertz CT molecular complexity index is 674. The Hall–Kier alpha value is -2.21. The van der Waals surface area contributed by atoms with Gasteiger partial charge in [0.15, 0.2) is 5.82 Å². The number of amides is 1. The molecule has 1 saturated carbocycles. The molecule has 1 fully saturated rings. The summed E-state index contributed by atoms with van der Waals surface area (Å²) in [6.07, 6.45) is 4.26. The summed E-state index contributed by atoms with van der Waals surface area (Å²) < 4.78 is 5.14. The molecule has 2 aromatic rings. The molecule has 22 heavy (non-hydrogen) atoms. The summed E-state index contributed by atoms with van der Waals surface area (Å²) in [4.78, 5) is 15.7. The number of aromatic nitrogens is 2. The standard InChI is InChI=1S/C16H20N4O2/c1-11-19-15(20-22-11)16(7-2-3-8-16)18-10-12-5-4-6-13(9-12)14(17)21/h4-6,9,18H,2-3,7-8,10H2,1H3,(H2,17,21). The lowest BCUT2D eigenvalue weighted by Gasteiger charge is -2.27. The Morgan fingerprint density at radius 2 is 2.18 bits per heavy atom. The van der Waals surface area contributed by atoms with Crippen LogP contribution in [0.25, 0.3) is 0 Å². The van der Waals surface area contributed by atoms with Crippen LogP contribution in [-0.2, 0) is 12.1 Å². The zero-order valence-electron chi connectivity index (χ0n) is 12.6. The Morgan fingerprint density at radius 1 is 1.41 bits per heavy atom. The minimum atomic E-state index is -0.411. The van der Waals surface area contributed by atoms with Crippen LogP contribution in [0.15, 0.2) is 28.8 Å². The van der Waals surface area contributed by atoms with Gasteiger partial charge in [0.25, 0.3) is 0 Å². The molecule has 116 valence electrons. The van der Waals surface area contributed by atoms with E-state index < -0.39 is 5.91 Å². The lowest BCUT2D eigenvalue weighted by Crippen LogP contribution is -2.40. The summed E-state index contributed by atoms with van der Waals surface area (Å²) in [7, 11) is 0. The molecule has 0 atom stereocenters. The number of nitrogens with two attached hydrogens (primary N) is 1. The van der Waals surface area contributed by atoms with Gasteiger partial charge in [0.05, 0.1) is 5.54 Å². The summed E-state index contributed by atoms with van der Waals surface area (Å²) >= 11 is 0. The third-order valence-electron chi connectivity index (χ3n) is 4.26. The molecule has 6 nitrogen and oxygen atoms in total. The maximum Gasteiger partial charge on any atom is 0.248 e. The van der Waals surface area contributed by atoms with Gasteiger partial charge in [-0.2, -0.15) is 4.98 Å². The molecule has 1 aliphatic carbocycles. The fraction of sp³-hybridized carbons (Fsp3) is 0.438. The summed E-state index contributed by atoms with van der Waals surface area (Å²) in [6, 6.07) is 7.36. The fourth-order valence-corrected chi connectivity index (χ4v) is 3.06. The molecule has 6 heteroatoms. The van der Waals surface area contributed by atoms with Crippen molar-refractivity contribution in [3.05, 3.63) is 47.1 Å². The van der Waals surface area contributed by atoms with Crippen molar-refractivity contribution in [1.82, 2.24) is 15.5 Å². The van der Waals surface area contributed by atoms with Crippen LogP contribution in [0.5, 0.6) is 0 Å². The summed E-state index contributed by atoms with van der Waals surface area (Å²) in [5.41, 5.74) is 6.63. The highest BCUT2D eigenvalue weighted by molar-refractivity contribution is 5.92. The lowest BCUT2D eigenvalue weighted by molar-refractivity contribution is 0.1000. The average molecular weight is 300 g/mol. The van der Waals surface area contributed by atoms with Crippen LogP contribution in [0.1, 0.15) is 53.3 Å². The van der Waals surface area contributed by atoms with Crippen LogP contribution in [0, 0.1) is 6.92 Å². The minimum absolute atomic E-state index is 0.236. The maximum absolute atomic E-state index is 11.3. The van der Waals surface area contributed by atoms with Crippen molar-refractivity contribution in [1.29, 1.82) is 0 Å². The van der Waals surface area contributed by atoms with Crippen LogP contribution in [0.2, 0.25) is 0 Å². The van der Waals surface area contributed by atoms with Crippen molar-refractivity contribution in [2.45, 2.75) is 44.7 Å². The molecule has 0 unspecified atom stereocenters. The first-order chi connectivity index (χ1) is 10.6. The van der Waals surface area contributed by atoms with Gasteiger partial charge in [-0.15, -0.1) is 0 Å². The van der Waals surface area contributed by atoms with Crippen LogP contribution >= 0.6 is 0 Å². The van der Waals surface area contributed by atoms with Gasteiger partial charge < -0.3 is 15.6 Å². The third kappa shape index (κ3) is 2.87. The molecule has 3 rings (SSSR count). The normalized spacial score (nSPS) is 16.8. The molecule has 0 radical (unpaired) electrons. The zero-order chi connectivity index (χ0) is 15.6. The van der Waals surface area contributed by atoms with E-state index in [-0.39, 0.29) is 5.54 Å². The number of carbonyl (C=O) groups excluding carboxylic acids is 1. The molecule has 1 aromatic carbocycles. The van der Waals surface area contributed by atoms with Crippen molar-refractivity contribution >= 4 is 5.91 Å². The molecule has 0 aliphatic heterocycles. The first-order valence-corrected chi connectivity index (χ1v) is 7.54. The van der Waals surface area contributed by atoms with Gasteiger partial charge in [-0.25, -0.2) is 0 Å². The van der Waals surface area contributed by atoms with E-state index in [1.165, 1.54) is 0 Å². The van der Waals surface area contributed by atoms with Gasteiger partial charge in [-0.05, 0) is 30.5 Å². The maximum atomic E-state index is 11.3. The number of hydrogen-bond acceptors (Lipinski definition) is 5. The minimum Gasteiger partial charge on any atom is -0.366 e.